The first-order valence-electron chi connectivity index (χ1n) is 8.79. The SMILES string of the molecule is COc1ccc2c(c1)/C(=N/OCc1ccc(C(=O)OC(C)(C)C)cc1)C(=O)N2. The zero-order chi connectivity index (χ0) is 20.3. The van der Waals surface area contributed by atoms with Gasteiger partial charge in [-0.05, 0) is 56.7 Å². The highest BCUT2D eigenvalue weighted by atomic mass is 16.6. The van der Waals surface area contributed by atoms with Gasteiger partial charge in [0.15, 0.2) is 5.71 Å². The van der Waals surface area contributed by atoms with Gasteiger partial charge < -0.3 is 19.6 Å². The van der Waals surface area contributed by atoms with E-state index >= 15 is 0 Å². The van der Waals surface area contributed by atoms with Gasteiger partial charge in [0.05, 0.1) is 18.4 Å². The molecule has 0 unspecified atom stereocenters. The molecule has 0 aromatic heterocycles. The van der Waals surface area contributed by atoms with E-state index in [2.05, 4.69) is 10.5 Å². The smallest absolute Gasteiger partial charge is 0.338 e. The quantitative estimate of drug-likeness (QED) is 0.632. The minimum absolute atomic E-state index is 0.157. The highest BCUT2D eigenvalue weighted by molar-refractivity contribution is 6.53. The molecule has 1 aliphatic rings. The van der Waals surface area contributed by atoms with Crippen molar-refractivity contribution in [3.05, 3.63) is 59.2 Å². The third-order valence-electron chi connectivity index (χ3n) is 3.92. The average Bonchev–Trinajstić information content (AvgIpc) is 2.95. The van der Waals surface area contributed by atoms with Crippen LogP contribution in [-0.2, 0) is 21.0 Å². The average molecular weight is 382 g/mol. The summed E-state index contributed by atoms with van der Waals surface area (Å²) in [5.41, 5.74) is 2.20. The lowest BCUT2D eigenvalue weighted by Crippen LogP contribution is -2.23. The van der Waals surface area contributed by atoms with Gasteiger partial charge in [0, 0.05) is 5.56 Å². The number of nitrogens with one attached hydrogen (secondary N) is 1. The van der Waals surface area contributed by atoms with Crippen molar-refractivity contribution in [3.8, 4) is 5.75 Å². The van der Waals surface area contributed by atoms with Crippen LogP contribution in [0.25, 0.3) is 0 Å². The van der Waals surface area contributed by atoms with Crippen molar-refractivity contribution in [1.29, 1.82) is 0 Å². The van der Waals surface area contributed by atoms with Crippen LogP contribution >= 0.6 is 0 Å². The summed E-state index contributed by atoms with van der Waals surface area (Å²) in [5.74, 6) is -0.0856. The van der Waals surface area contributed by atoms with Gasteiger partial charge in [0.25, 0.3) is 5.91 Å². The number of ether oxygens (including phenoxy) is 2. The molecular weight excluding hydrogens is 360 g/mol. The number of oxime groups is 1. The molecule has 1 amide bonds. The Morgan fingerprint density at radius 3 is 2.46 bits per heavy atom. The summed E-state index contributed by atoms with van der Waals surface area (Å²) in [5, 5.41) is 6.71. The summed E-state index contributed by atoms with van der Waals surface area (Å²) in [7, 11) is 1.56. The van der Waals surface area contributed by atoms with Crippen LogP contribution in [0, 0.1) is 0 Å². The maximum atomic E-state index is 12.1. The number of carbonyl (C=O) groups excluding carboxylic acids is 2. The molecule has 28 heavy (non-hydrogen) atoms. The first-order valence-corrected chi connectivity index (χ1v) is 8.79. The van der Waals surface area contributed by atoms with Crippen LogP contribution in [0.4, 0.5) is 5.69 Å². The molecule has 0 saturated heterocycles. The first-order chi connectivity index (χ1) is 13.3. The van der Waals surface area contributed by atoms with Crippen LogP contribution in [0.5, 0.6) is 5.75 Å². The van der Waals surface area contributed by atoms with E-state index < -0.39 is 5.60 Å². The lowest BCUT2D eigenvalue weighted by atomic mass is 10.1. The van der Waals surface area contributed by atoms with Crippen molar-refractivity contribution in [3.63, 3.8) is 0 Å². The van der Waals surface area contributed by atoms with E-state index in [9.17, 15) is 9.59 Å². The van der Waals surface area contributed by atoms with Crippen molar-refractivity contribution in [2.45, 2.75) is 33.0 Å². The number of methoxy groups -OCH3 is 1. The number of rotatable bonds is 5. The van der Waals surface area contributed by atoms with Crippen LogP contribution in [0.1, 0.15) is 42.3 Å². The zero-order valence-corrected chi connectivity index (χ0v) is 16.2. The maximum Gasteiger partial charge on any atom is 0.338 e. The highest BCUT2D eigenvalue weighted by Crippen LogP contribution is 2.27. The number of benzene rings is 2. The fourth-order valence-corrected chi connectivity index (χ4v) is 2.60. The van der Waals surface area contributed by atoms with Gasteiger partial charge in [-0.3, -0.25) is 4.79 Å². The normalized spacial score (nSPS) is 14.4. The third-order valence-corrected chi connectivity index (χ3v) is 3.92. The zero-order valence-electron chi connectivity index (χ0n) is 16.2. The summed E-state index contributed by atoms with van der Waals surface area (Å²) in [6.07, 6.45) is 0. The Hall–Kier alpha value is -3.35. The number of nitrogens with zero attached hydrogens (tertiary/aromatic N) is 1. The molecule has 146 valence electrons. The van der Waals surface area contributed by atoms with Gasteiger partial charge >= 0.3 is 5.97 Å². The molecule has 0 atom stereocenters. The van der Waals surface area contributed by atoms with Crippen molar-refractivity contribution >= 4 is 23.3 Å². The van der Waals surface area contributed by atoms with Crippen molar-refractivity contribution in [2.24, 2.45) is 5.16 Å². The number of fused-ring (bicyclic) bond motifs is 1. The Morgan fingerprint density at radius 2 is 1.82 bits per heavy atom. The summed E-state index contributed by atoms with van der Waals surface area (Å²) in [6.45, 7) is 5.61. The Labute approximate surface area is 163 Å². The van der Waals surface area contributed by atoms with E-state index in [1.807, 2.05) is 20.8 Å². The molecule has 3 rings (SSSR count). The van der Waals surface area contributed by atoms with Gasteiger partial charge in [-0.25, -0.2) is 4.79 Å². The number of hydrogen-bond donors (Lipinski definition) is 1. The minimum Gasteiger partial charge on any atom is -0.497 e. The number of carbonyl (C=O) groups is 2. The van der Waals surface area contributed by atoms with Gasteiger partial charge in [-0.1, -0.05) is 17.3 Å². The van der Waals surface area contributed by atoms with Crippen LogP contribution in [0.2, 0.25) is 0 Å². The topological polar surface area (TPSA) is 86.2 Å². The molecule has 1 N–H and O–H groups in total. The van der Waals surface area contributed by atoms with Crippen LogP contribution in [0.15, 0.2) is 47.6 Å². The van der Waals surface area contributed by atoms with Gasteiger partial charge in [0.2, 0.25) is 0 Å². The summed E-state index contributed by atoms with van der Waals surface area (Å²) < 4.78 is 10.5. The van der Waals surface area contributed by atoms with Crippen molar-refractivity contribution < 1.29 is 23.9 Å². The van der Waals surface area contributed by atoms with Crippen molar-refractivity contribution in [2.75, 3.05) is 12.4 Å². The Balaban J connectivity index is 1.65. The first kappa shape index (κ1) is 19.4. The molecule has 2 aromatic carbocycles. The lowest BCUT2D eigenvalue weighted by Gasteiger charge is -2.19. The standard InChI is InChI=1S/C21H22N2O5/c1-21(2,3)28-20(25)14-7-5-13(6-8-14)12-27-23-18-16-11-15(26-4)9-10-17(16)22-19(18)24/h5-11H,12H2,1-4H3,(H,22,23,24). The molecule has 7 heteroatoms. The second kappa shape index (κ2) is 7.72. The van der Waals surface area contributed by atoms with E-state index in [1.54, 1.807) is 49.6 Å². The molecule has 1 heterocycles. The second-order valence-corrected chi connectivity index (χ2v) is 7.28. The Bertz CT molecular complexity index is 927. The third kappa shape index (κ3) is 4.49. The largest absolute Gasteiger partial charge is 0.497 e. The highest BCUT2D eigenvalue weighted by Gasteiger charge is 2.27. The fraction of sp³-hybridized carbons (Fsp3) is 0.286. The second-order valence-electron chi connectivity index (χ2n) is 7.28. The number of esters is 1. The summed E-state index contributed by atoms with van der Waals surface area (Å²) in [6, 6.07) is 12.1. The molecule has 0 fully saturated rings. The molecule has 0 spiro atoms. The number of amides is 1. The molecular formula is C21H22N2O5. The molecule has 1 aliphatic heterocycles. The predicted molar refractivity (Wildman–Crippen MR) is 105 cm³/mol. The number of anilines is 1. The van der Waals surface area contributed by atoms with Gasteiger partial charge in [-0.2, -0.15) is 0 Å². The molecule has 0 bridgehead atoms. The molecule has 2 aromatic rings. The van der Waals surface area contributed by atoms with Crippen molar-refractivity contribution in [1.82, 2.24) is 0 Å². The molecule has 7 nitrogen and oxygen atoms in total. The molecule has 0 saturated carbocycles. The maximum absolute atomic E-state index is 12.1. The van der Waals surface area contributed by atoms with Gasteiger partial charge in [0.1, 0.15) is 18.0 Å². The van der Waals surface area contributed by atoms with E-state index in [0.717, 1.165) is 5.56 Å². The van der Waals surface area contributed by atoms with Crippen LogP contribution < -0.4 is 10.1 Å². The van der Waals surface area contributed by atoms with Crippen LogP contribution in [0.3, 0.4) is 0 Å². The fourth-order valence-electron chi connectivity index (χ4n) is 2.60. The monoisotopic (exact) mass is 382 g/mol. The number of hydrogen-bond acceptors (Lipinski definition) is 6. The van der Waals surface area contributed by atoms with E-state index in [4.69, 9.17) is 14.3 Å². The van der Waals surface area contributed by atoms with E-state index in [1.165, 1.54) is 0 Å². The Morgan fingerprint density at radius 1 is 1.11 bits per heavy atom. The van der Waals surface area contributed by atoms with Crippen LogP contribution in [-0.4, -0.2) is 30.3 Å². The lowest BCUT2D eigenvalue weighted by molar-refractivity contribution is -0.110. The van der Waals surface area contributed by atoms with Gasteiger partial charge in [-0.15, -0.1) is 0 Å². The van der Waals surface area contributed by atoms with E-state index in [-0.39, 0.29) is 24.2 Å². The molecule has 0 aliphatic carbocycles. The van der Waals surface area contributed by atoms with E-state index in [0.29, 0.717) is 22.6 Å². The minimum atomic E-state index is -0.546. The summed E-state index contributed by atoms with van der Waals surface area (Å²) >= 11 is 0. The predicted octanol–water partition coefficient (Wildman–Crippen LogP) is 3.52. The summed E-state index contributed by atoms with van der Waals surface area (Å²) in [4.78, 5) is 29.5. The molecule has 0 radical (unpaired) electrons. The Kier molecular flexibility index (Phi) is 5.35.